The first-order valence-corrected chi connectivity index (χ1v) is 8.40. The summed E-state index contributed by atoms with van der Waals surface area (Å²) in [7, 11) is 1.45. The highest BCUT2D eigenvalue weighted by atomic mass is 19.4. The first kappa shape index (κ1) is 19.7. The average Bonchev–Trinajstić information content (AvgIpc) is 2.65. The average molecular weight is 393 g/mol. The van der Waals surface area contributed by atoms with Gasteiger partial charge in [0.15, 0.2) is 0 Å². The molecule has 3 rings (SSSR count). The Labute approximate surface area is 157 Å². The molecule has 0 saturated heterocycles. The Morgan fingerprint density at radius 2 is 1.71 bits per heavy atom. The van der Waals surface area contributed by atoms with Crippen LogP contribution < -0.4 is 17.0 Å². The van der Waals surface area contributed by atoms with E-state index in [4.69, 9.17) is 10.5 Å². The number of methoxy groups -OCH3 is 1. The molecule has 2 N–H and O–H groups in total. The van der Waals surface area contributed by atoms with Gasteiger partial charge in [-0.1, -0.05) is 12.1 Å². The van der Waals surface area contributed by atoms with Crippen molar-refractivity contribution >= 4 is 16.6 Å². The molecule has 0 aliphatic rings. The van der Waals surface area contributed by atoms with E-state index >= 15 is 0 Å². The van der Waals surface area contributed by atoms with Gasteiger partial charge in [0.25, 0.3) is 5.56 Å². The molecule has 1 aromatic heterocycles. The molecule has 0 fully saturated rings. The van der Waals surface area contributed by atoms with E-state index < -0.39 is 23.0 Å². The highest BCUT2D eigenvalue weighted by molar-refractivity contribution is 5.81. The van der Waals surface area contributed by atoms with E-state index in [2.05, 4.69) is 0 Å². The van der Waals surface area contributed by atoms with E-state index in [1.807, 2.05) is 0 Å². The summed E-state index contributed by atoms with van der Waals surface area (Å²) in [5.74, 6) is 0. The van der Waals surface area contributed by atoms with Gasteiger partial charge < -0.3 is 10.5 Å². The number of aromatic nitrogens is 2. The van der Waals surface area contributed by atoms with Crippen LogP contribution in [0.4, 0.5) is 18.9 Å². The molecule has 0 bridgehead atoms. The Hall–Kier alpha value is -3.07. The van der Waals surface area contributed by atoms with Crippen LogP contribution in [-0.2, 0) is 24.0 Å². The molecule has 0 amide bonds. The number of fused-ring (bicyclic) bond motifs is 1. The van der Waals surface area contributed by atoms with Crippen molar-refractivity contribution < 1.29 is 17.9 Å². The molecular weight excluding hydrogens is 375 g/mol. The predicted octanol–water partition coefficient (Wildman–Crippen LogP) is 2.46. The lowest BCUT2D eigenvalue weighted by molar-refractivity contribution is -0.137. The largest absolute Gasteiger partial charge is 0.416 e. The standard InChI is InChI=1S/C19H18F3N3O3/c1-28-9-8-24-17(26)15-10-14(23)6-7-16(15)25(18(24)27)11-12-2-4-13(5-3-12)19(20,21)22/h2-7,10H,8-9,11,23H2,1H3. The minimum Gasteiger partial charge on any atom is -0.399 e. The van der Waals surface area contributed by atoms with Crippen LogP contribution in [0.3, 0.4) is 0 Å². The van der Waals surface area contributed by atoms with Crippen LogP contribution in [0.25, 0.3) is 10.9 Å². The lowest BCUT2D eigenvalue weighted by Crippen LogP contribution is -2.41. The summed E-state index contributed by atoms with van der Waals surface area (Å²) in [6, 6.07) is 9.13. The molecule has 9 heteroatoms. The topological polar surface area (TPSA) is 79.2 Å². The highest BCUT2D eigenvalue weighted by Gasteiger charge is 2.30. The molecule has 1 heterocycles. The number of alkyl halides is 3. The third-order valence-corrected chi connectivity index (χ3v) is 4.39. The van der Waals surface area contributed by atoms with Crippen LogP contribution >= 0.6 is 0 Å². The van der Waals surface area contributed by atoms with E-state index in [-0.39, 0.29) is 25.1 Å². The summed E-state index contributed by atoms with van der Waals surface area (Å²) in [6.45, 7) is 0.208. The third kappa shape index (κ3) is 3.79. The number of nitrogen functional groups attached to an aromatic ring is 1. The van der Waals surface area contributed by atoms with Crippen LogP contribution in [0.1, 0.15) is 11.1 Å². The van der Waals surface area contributed by atoms with Gasteiger partial charge in [0.2, 0.25) is 0 Å². The van der Waals surface area contributed by atoms with E-state index in [1.165, 1.54) is 29.9 Å². The SMILES string of the molecule is COCCn1c(=O)c2cc(N)ccc2n(Cc2ccc(C(F)(F)F)cc2)c1=O. The number of rotatable bonds is 5. The Bertz CT molecular complexity index is 1120. The molecule has 28 heavy (non-hydrogen) atoms. The number of anilines is 1. The number of hydrogen-bond donors (Lipinski definition) is 1. The van der Waals surface area contributed by atoms with E-state index in [1.54, 1.807) is 12.1 Å². The molecule has 0 unspecified atom stereocenters. The molecule has 6 nitrogen and oxygen atoms in total. The number of benzene rings is 2. The first-order valence-electron chi connectivity index (χ1n) is 8.40. The van der Waals surface area contributed by atoms with Gasteiger partial charge in [-0.15, -0.1) is 0 Å². The molecule has 2 aromatic carbocycles. The zero-order valence-electron chi connectivity index (χ0n) is 15.0. The fourth-order valence-electron chi connectivity index (χ4n) is 2.96. The van der Waals surface area contributed by atoms with Crippen LogP contribution in [-0.4, -0.2) is 22.9 Å². The van der Waals surface area contributed by atoms with Crippen LogP contribution in [0.5, 0.6) is 0 Å². The van der Waals surface area contributed by atoms with E-state index in [0.29, 0.717) is 16.8 Å². The van der Waals surface area contributed by atoms with Gasteiger partial charge in [0.1, 0.15) is 0 Å². The van der Waals surface area contributed by atoms with E-state index in [9.17, 15) is 22.8 Å². The zero-order chi connectivity index (χ0) is 20.5. The smallest absolute Gasteiger partial charge is 0.399 e. The summed E-state index contributed by atoms with van der Waals surface area (Å²) in [5.41, 5.74) is 5.15. The molecule has 0 spiro atoms. The van der Waals surface area contributed by atoms with Crippen LogP contribution in [0, 0.1) is 0 Å². The summed E-state index contributed by atoms with van der Waals surface area (Å²) in [4.78, 5) is 25.6. The Balaban J connectivity index is 2.14. The second kappa shape index (κ2) is 7.51. The van der Waals surface area contributed by atoms with Gasteiger partial charge in [0, 0.05) is 12.8 Å². The van der Waals surface area contributed by atoms with Crippen molar-refractivity contribution in [2.24, 2.45) is 0 Å². The van der Waals surface area contributed by atoms with E-state index in [0.717, 1.165) is 16.7 Å². The zero-order valence-corrected chi connectivity index (χ0v) is 15.0. The molecule has 0 atom stereocenters. The molecule has 0 saturated carbocycles. The molecule has 0 radical (unpaired) electrons. The van der Waals surface area contributed by atoms with Crippen molar-refractivity contribution in [1.29, 1.82) is 0 Å². The van der Waals surface area contributed by atoms with Gasteiger partial charge >= 0.3 is 11.9 Å². The number of ether oxygens (including phenoxy) is 1. The second-order valence-electron chi connectivity index (χ2n) is 6.29. The quantitative estimate of drug-likeness (QED) is 0.676. The minimum absolute atomic E-state index is 0.00461. The summed E-state index contributed by atoms with van der Waals surface area (Å²) in [6.07, 6.45) is -4.44. The maximum atomic E-state index is 12.9. The van der Waals surface area contributed by atoms with Crippen molar-refractivity contribution in [2.45, 2.75) is 19.3 Å². The maximum absolute atomic E-state index is 12.9. The summed E-state index contributed by atoms with van der Waals surface area (Å²) in [5, 5.41) is 0.252. The van der Waals surface area contributed by atoms with Crippen molar-refractivity contribution in [3.05, 3.63) is 74.4 Å². The summed E-state index contributed by atoms with van der Waals surface area (Å²) < 4.78 is 45.6. The number of nitrogens with two attached hydrogens (primary N) is 1. The molecule has 0 aliphatic heterocycles. The molecule has 3 aromatic rings. The summed E-state index contributed by atoms with van der Waals surface area (Å²) >= 11 is 0. The predicted molar refractivity (Wildman–Crippen MR) is 99.3 cm³/mol. The highest BCUT2D eigenvalue weighted by Crippen LogP contribution is 2.29. The van der Waals surface area contributed by atoms with Gasteiger partial charge in [-0.2, -0.15) is 13.2 Å². The lowest BCUT2D eigenvalue weighted by atomic mass is 10.1. The Kier molecular flexibility index (Phi) is 5.28. The normalized spacial score (nSPS) is 11.9. The number of nitrogens with zero attached hydrogens (tertiary/aromatic N) is 2. The van der Waals surface area contributed by atoms with Crippen LogP contribution in [0.2, 0.25) is 0 Å². The van der Waals surface area contributed by atoms with Crippen molar-refractivity contribution in [2.75, 3.05) is 19.5 Å². The number of hydrogen-bond acceptors (Lipinski definition) is 4. The van der Waals surface area contributed by atoms with Crippen molar-refractivity contribution in [3.63, 3.8) is 0 Å². The number of halogens is 3. The second-order valence-corrected chi connectivity index (χ2v) is 6.29. The van der Waals surface area contributed by atoms with Crippen molar-refractivity contribution in [3.8, 4) is 0 Å². The van der Waals surface area contributed by atoms with Gasteiger partial charge in [-0.3, -0.25) is 13.9 Å². The van der Waals surface area contributed by atoms with Crippen molar-refractivity contribution in [1.82, 2.24) is 9.13 Å². The fraction of sp³-hybridized carbons (Fsp3) is 0.263. The third-order valence-electron chi connectivity index (χ3n) is 4.39. The fourth-order valence-corrected chi connectivity index (χ4v) is 2.96. The molecule has 0 aliphatic carbocycles. The Morgan fingerprint density at radius 1 is 1.04 bits per heavy atom. The maximum Gasteiger partial charge on any atom is 0.416 e. The van der Waals surface area contributed by atoms with Gasteiger partial charge in [0.05, 0.1) is 36.2 Å². The van der Waals surface area contributed by atoms with Crippen LogP contribution in [0.15, 0.2) is 52.1 Å². The van der Waals surface area contributed by atoms with Gasteiger partial charge in [-0.05, 0) is 35.9 Å². The lowest BCUT2D eigenvalue weighted by Gasteiger charge is -2.15. The monoisotopic (exact) mass is 393 g/mol. The van der Waals surface area contributed by atoms with Gasteiger partial charge in [-0.25, -0.2) is 4.79 Å². The minimum atomic E-state index is -4.44. The Morgan fingerprint density at radius 3 is 2.32 bits per heavy atom. The molecule has 148 valence electrons. The molecular formula is C19H18F3N3O3. The first-order chi connectivity index (χ1) is 13.2.